The minimum atomic E-state index is -0.583. The maximum Gasteiger partial charge on any atom is 0.300 e. The molecule has 0 saturated carbocycles. The van der Waals surface area contributed by atoms with Gasteiger partial charge in [0.05, 0.1) is 4.92 Å². The number of anilines is 1. The molecule has 0 spiro atoms. The van der Waals surface area contributed by atoms with E-state index >= 15 is 0 Å². The molecule has 20 heavy (non-hydrogen) atoms. The van der Waals surface area contributed by atoms with Crippen molar-refractivity contribution in [2.45, 2.75) is 33.2 Å². The Labute approximate surface area is 118 Å². The Kier molecular flexibility index (Phi) is 5.42. The molecule has 0 bridgehead atoms. The standard InChI is InChI=1S/C13H20N4O3/c1-5-9(3)16(4)13(18)10-7-12(14-6-2)15-8-11(10)17(19)20/h7-9H,5-6H2,1-4H3,(H,14,15). The van der Waals surface area contributed by atoms with E-state index in [4.69, 9.17) is 0 Å². The van der Waals surface area contributed by atoms with E-state index in [0.717, 1.165) is 12.6 Å². The zero-order valence-corrected chi connectivity index (χ0v) is 12.2. The first kappa shape index (κ1) is 15.9. The highest BCUT2D eigenvalue weighted by atomic mass is 16.6. The molecule has 1 unspecified atom stereocenters. The van der Waals surface area contributed by atoms with Gasteiger partial charge in [0.2, 0.25) is 0 Å². The van der Waals surface area contributed by atoms with Gasteiger partial charge in [0, 0.05) is 25.7 Å². The summed E-state index contributed by atoms with van der Waals surface area (Å²) in [5.41, 5.74) is -0.212. The zero-order chi connectivity index (χ0) is 15.3. The van der Waals surface area contributed by atoms with Gasteiger partial charge in [0.15, 0.2) is 0 Å². The predicted molar refractivity (Wildman–Crippen MR) is 76.9 cm³/mol. The highest BCUT2D eigenvalue weighted by Gasteiger charge is 2.25. The van der Waals surface area contributed by atoms with Crippen LogP contribution in [-0.4, -0.2) is 40.3 Å². The van der Waals surface area contributed by atoms with Crippen LogP contribution < -0.4 is 5.32 Å². The molecule has 7 heteroatoms. The molecule has 0 aliphatic heterocycles. The van der Waals surface area contributed by atoms with Crippen molar-refractivity contribution < 1.29 is 9.72 Å². The minimum absolute atomic E-state index is 0.0119. The number of hydrogen-bond acceptors (Lipinski definition) is 5. The lowest BCUT2D eigenvalue weighted by atomic mass is 10.1. The third-order valence-electron chi connectivity index (χ3n) is 3.24. The van der Waals surface area contributed by atoms with Crippen LogP contribution in [0.3, 0.4) is 0 Å². The van der Waals surface area contributed by atoms with Gasteiger partial charge in [0.25, 0.3) is 11.6 Å². The van der Waals surface area contributed by atoms with Crippen molar-refractivity contribution in [3.8, 4) is 0 Å². The van der Waals surface area contributed by atoms with E-state index in [1.165, 1.54) is 11.0 Å². The molecule has 0 aliphatic rings. The van der Waals surface area contributed by atoms with Crippen molar-refractivity contribution >= 4 is 17.4 Å². The van der Waals surface area contributed by atoms with E-state index in [0.29, 0.717) is 12.4 Å². The van der Waals surface area contributed by atoms with Crippen molar-refractivity contribution in [1.82, 2.24) is 9.88 Å². The van der Waals surface area contributed by atoms with Crippen molar-refractivity contribution in [3.05, 3.63) is 27.9 Å². The molecule has 0 saturated heterocycles. The number of amides is 1. The number of pyridine rings is 1. The highest BCUT2D eigenvalue weighted by Crippen LogP contribution is 2.22. The van der Waals surface area contributed by atoms with E-state index in [9.17, 15) is 14.9 Å². The SMILES string of the molecule is CCNc1cc(C(=O)N(C)C(C)CC)c([N+](=O)[O-])cn1. The van der Waals surface area contributed by atoms with Crippen LogP contribution in [0.2, 0.25) is 0 Å². The number of nitrogens with zero attached hydrogens (tertiary/aromatic N) is 3. The Morgan fingerprint density at radius 2 is 2.20 bits per heavy atom. The van der Waals surface area contributed by atoms with Gasteiger partial charge < -0.3 is 10.2 Å². The summed E-state index contributed by atoms with van der Waals surface area (Å²) in [6.07, 6.45) is 1.90. The molecule has 1 rings (SSSR count). The average molecular weight is 280 g/mol. The summed E-state index contributed by atoms with van der Waals surface area (Å²) < 4.78 is 0. The molecular weight excluding hydrogens is 260 g/mol. The van der Waals surface area contributed by atoms with Crippen LogP contribution in [0.5, 0.6) is 0 Å². The largest absolute Gasteiger partial charge is 0.370 e. The maximum atomic E-state index is 12.4. The van der Waals surface area contributed by atoms with Crippen LogP contribution >= 0.6 is 0 Å². The summed E-state index contributed by atoms with van der Waals surface area (Å²) >= 11 is 0. The number of nitro groups is 1. The molecule has 110 valence electrons. The normalized spacial score (nSPS) is 11.8. The van der Waals surface area contributed by atoms with E-state index in [1.807, 2.05) is 20.8 Å². The molecule has 0 aromatic carbocycles. The van der Waals surface area contributed by atoms with E-state index in [2.05, 4.69) is 10.3 Å². The molecule has 1 N–H and O–H groups in total. The monoisotopic (exact) mass is 280 g/mol. The molecule has 1 atom stereocenters. The fourth-order valence-electron chi connectivity index (χ4n) is 1.71. The molecule has 7 nitrogen and oxygen atoms in total. The Bertz CT molecular complexity index is 504. The summed E-state index contributed by atoms with van der Waals surface area (Å²) in [5.74, 6) is 0.0894. The summed E-state index contributed by atoms with van der Waals surface area (Å²) in [6, 6.07) is 1.45. The lowest BCUT2D eigenvalue weighted by Gasteiger charge is -2.23. The van der Waals surface area contributed by atoms with Gasteiger partial charge >= 0.3 is 0 Å². The number of carbonyl (C=O) groups excluding carboxylic acids is 1. The van der Waals surface area contributed by atoms with Crippen LogP contribution in [-0.2, 0) is 0 Å². The highest BCUT2D eigenvalue weighted by molar-refractivity contribution is 5.98. The van der Waals surface area contributed by atoms with Crippen LogP contribution in [0.1, 0.15) is 37.6 Å². The zero-order valence-electron chi connectivity index (χ0n) is 12.2. The summed E-state index contributed by atoms with van der Waals surface area (Å²) in [6.45, 7) is 6.37. The summed E-state index contributed by atoms with van der Waals surface area (Å²) in [4.78, 5) is 28.3. The van der Waals surface area contributed by atoms with Gasteiger partial charge in [-0.3, -0.25) is 14.9 Å². The van der Waals surface area contributed by atoms with Crippen molar-refractivity contribution in [2.24, 2.45) is 0 Å². The van der Waals surface area contributed by atoms with Crippen LogP contribution in [0.4, 0.5) is 11.5 Å². The minimum Gasteiger partial charge on any atom is -0.370 e. The van der Waals surface area contributed by atoms with Gasteiger partial charge in [0.1, 0.15) is 17.6 Å². The number of nitrogens with one attached hydrogen (secondary N) is 1. The quantitative estimate of drug-likeness (QED) is 0.638. The number of aromatic nitrogens is 1. The van der Waals surface area contributed by atoms with Gasteiger partial charge in [-0.05, 0) is 20.3 Å². The molecule has 0 aliphatic carbocycles. The van der Waals surface area contributed by atoms with Gasteiger partial charge in [-0.1, -0.05) is 6.92 Å². The summed E-state index contributed by atoms with van der Waals surface area (Å²) in [7, 11) is 1.65. The van der Waals surface area contributed by atoms with E-state index < -0.39 is 4.92 Å². The lowest BCUT2D eigenvalue weighted by molar-refractivity contribution is -0.385. The topological polar surface area (TPSA) is 88.4 Å². The lowest BCUT2D eigenvalue weighted by Crippen LogP contribution is -2.35. The third kappa shape index (κ3) is 3.43. The molecule has 1 amide bonds. The second-order valence-electron chi connectivity index (χ2n) is 4.55. The first-order chi connectivity index (χ1) is 9.42. The third-order valence-corrected chi connectivity index (χ3v) is 3.24. The first-order valence-electron chi connectivity index (χ1n) is 6.57. The fourth-order valence-corrected chi connectivity index (χ4v) is 1.71. The van der Waals surface area contributed by atoms with Crippen LogP contribution in [0, 0.1) is 10.1 Å². The van der Waals surface area contributed by atoms with Crippen LogP contribution in [0.15, 0.2) is 12.3 Å². The van der Waals surface area contributed by atoms with E-state index in [1.54, 1.807) is 7.05 Å². The van der Waals surface area contributed by atoms with Crippen molar-refractivity contribution in [2.75, 3.05) is 18.9 Å². The maximum absolute atomic E-state index is 12.4. The second kappa shape index (κ2) is 6.83. The number of rotatable bonds is 6. The van der Waals surface area contributed by atoms with Crippen LogP contribution in [0.25, 0.3) is 0 Å². The predicted octanol–water partition coefficient (Wildman–Crippen LogP) is 2.29. The summed E-state index contributed by atoms with van der Waals surface area (Å²) in [5, 5.41) is 14.0. The Morgan fingerprint density at radius 1 is 1.55 bits per heavy atom. The smallest absolute Gasteiger partial charge is 0.300 e. The first-order valence-corrected chi connectivity index (χ1v) is 6.57. The number of carbonyl (C=O) groups is 1. The molecule has 0 radical (unpaired) electrons. The van der Waals surface area contributed by atoms with Crippen molar-refractivity contribution in [3.63, 3.8) is 0 Å². The number of hydrogen-bond donors (Lipinski definition) is 1. The van der Waals surface area contributed by atoms with Gasteiger partial charge in [-0.15, -0.1) is 0 Å². The molecule has 1 aromatic heterocycles. The van der Waals surface area contributed by atoms with Gasteiger partial charge in [-0.25, -0.2) is 4.98 Å². The second-order valence-corrected chi connectivity index (χ2v) is 4.55. The van der Waals surface area contributed by atoms with E-state index in [-0.39, 0.29) is 23.2 Å². The Morgan fingerprint density at radius 3 is 2.70 bits per heavy atom. The molecule has 1 aromatic rings. The van der Waals surface area contributed by atoms with Crippen molar-refractivity contribution in [1.29, 1.82) is 0 Å². The fraction of sp³-hybridized carbons (Fsp3) is 0.538. The van der Waals surface area contributed by atoms with Gasteiger partial charge in [-0.2, -0.15) is 0 Å². The average Bonchev–Trinajstić information content (AvgIpc) is 2.44. The molecule has 0 fully saturated rings. The Balaban J connectivity index is 3.21. The Hall–Kier alpha value is -2.18. The molecular formula is C13H20N4O3. The molecule has 1 heterocycles.